The van der Waals surface area contributed by atoms with Crippen molar-refractivity contribution in [3.8, 4) is 0 Å². The van der Waals surface area contributed by atoms with Gasteiger partial charge in [0.15, 0.2) is 0 Å². The molecule has 1 aromatic heterocycles. The molecule has 0 atom stereocenters. The number of amides is 1. The molecule has 0 unspecified atom stereocenters. The molecule has 4 rings (SSSR count). The van der Waals surface area contributed by atoms with Crippen LogP contribution in [0.15, 0.2) is 82.5 Å². The number of fused-ring (bicyclic) bond motifs is 1. The number of H-pyrrole nitrogens is 1. The summed E-state index contributed by atoms with van der Waals surface area (Å²) in [6.45, 7) is 2.05. The molecule has 0 saturated heterocycles. The predicted octanol–water partition coefficient (Wildman–Crippen LogP) is 3.09. The highest BCUT2D eigenvalue weighted by Crippen LogP contribution is 2.19. The molecule has 0 radical (unpaired) electrons. The van der Waals surface area contributed by atoms with Crippen molar-refractivity contribution in [1.82, 2.24) is 19.8 Å². The summed E-state index contributed by atoms with van der Waals surface area (Å²) in [6, 6.07) is 19.2. The molecule has 0 bridgehead atoms. The Kier molecular flexibility index (Phi) is 7.56. The Morgan fingerprint density at radius 3 is 2.44 bits per heavy atom. The largest absolute Gasteiger partial charge is 0.338 e. The molecular formula is C26H25FN4O4S. The first kappa shape index (κ1) is 25.2. The van der Waals surface area contributed by atoms with E-state index < -0.39 is 21.7 Å². The van der Waals surface area contributed by atoms with Gasteiger partial charge in [0.25, 0.3) is 11.5 Å². The van der Waals surface area contributed by atoms with Crippen molar-refractivity contribution in [1.29, 1.82) is 0 Å². The van der Waals surface area contributed by atoms with E-state index in [1.807, 2.05) is 0 Å². The average Bonchev–Trinajstić information content (AvgIpc) is 2.89. The van der Waals surface area contributed by atoms with Crippen LogP contribution in [0, 0.1) is 5.82 Å². The summed E-state index contributed by atoms with van der Waals surface area (Å²) in [4.78, 5) is 26.7. The molecule has 0 aliphatic rings. The van der Waals surface area contributed by atoms with Gasteiger partial charge in [0.05, 0.1) is 21.5 Å². The number of carbonyl (C=O) groups excluding carboxylic acids is 1. The van der Waals surface area contributed by atoms with Crippen LogP contribution in [-0.4, -0.2) is 49.1 Å². The van der Waals surface area contributed by atoms with Gasteiger partial charge < -0.3 is 4.90 Å². The number of sulfonamides is 1. The minimum absolute atomic E-state index is 0.0224. The Balaban J connectivity index is 1.50. The highest BCUT2D eigenvalue weighted by atomic mass is 32.2. The highest BCUT2D eigenvalue weighted by molar-refractivity contribution is 7.89. The minimum Gasteiger partial charge on any atom is -0.338 e. The number of aromatic amines is 1. The number of hydrogen-bond donors (Lipinski definition) is 2. The smallest absolute Gasteiger partial charge is 0.272 e. The number of aromatic nitrogens is 2. The molecule has 3 aromatic carbocycles. The maximum Gasteiger partial charge on any atom is 0.272 e. The highest BCUT2D eigenvalue weighted by Gasteiger charge is 2.20. The van der Waals surface area contributed by atoms with Crippen LogP contribution >= 0.6 is 0 Å². The summed E-state index contributed by atoms with van der Waals surface area (Å²) in [5.74, 6) is -1.22. The zero-order valence-electron chi connectivity index (χ0n) is 19.6. The molecule has 0 aliphatic heterocycles. The number of nitrogens with zero attached hydrogens (tertiary/aromatic N) is 2. The van der Waals surface area contributed by atoms with Crippen LogP contribution < -0.4 is 10.3 Å². The second-order valence-electron chi connectivity index (χ2n) is 8.13. The Bertz CT molecular complexity index is 1560. The van der Waals surface area contributed by atoms with Crippen LogP contribution in [0.3, 0.4) is 0 Å². The first-order valence-corrected chi connectivity index (χ1v) is 12.9. The second kappa shape index (κ2) is 10.8. The number of benzene rings is 3. The molecule has 0 aliphatic carbocycles. The standard InChI is InChI=1S/C26H25FN4O4S/c1-2-31(15-14-28-36(34,35)19-8-4-3-5-9-19)26(33)22-16-18(12-13-23(22)27)17-24-20-10-6-7-11-21(20)25(32)30-29-24/h3-13,16,28H,2,14-15,17H2,1H3,(H,30,32). The normalized spacial score (nSPS) is 11.5. The van der Waals surface area contributed by atoms with Crippen LogP contribution in [0.2, 0.25) is 0 Å². The lowest BCUT2D eigenvalue weighted by Crippen LogP contribution is -2.38. The molecule has 36 heavy (non-hydrogen) atoms. The molecule has 0 spiro atoms. The van der Waals surface area contributed by atoms with E-state index in [2.05, 4.69) is 14.9 Å². The van der Waals surface area contributed by atoms with Gasteiger partial charge in [-0.1, -0.05) is 42.5 Å². The molecule has 0 fully saturated rings. The number of rotatable bonds is 9. The van der Waals surface area contributed by atoms with E-state index in [1.54, 1.807) is 55.5 Å². The maximum atomic E-state index is 14.7. The SMILES string of the molecule is CCN(CCNS(=O)(=O)c1ccccc1)C(=O)c1cc(Cc2n[nH]c(=O)c3ccccc23)ccc1F. The molecule has 1 amide bonds. The molecule has 4 aromatic rings. The summed E-state index contributed by atoms with van der Waals surface area (Å²) in [6.07, 6.45) is 0.279. The molecule has 186 valence electrons. The number of carbonyl (C=O) groups is 1. The minimum atomic E-state index is -3.72. The van der Waals surface area contributed by atoms with Gasteiger partial charge >= 0.3 is 0 Å². The molecule has 0 saturated carbocycles. The molecular weight excluding hydrogens is 483 g/mol. The molecule has 1 heterocycles. The quantitative estimate of drug-likeness (QED) is 0.361. The summed E-state index contributed by atoms with van der Waals surface area (Å²) in [5, 5.41) is 7.80. The predicted molar refractivity (Wildman–Crippen MR) is 135 cm³/mol. The van der Waals surface area contributed by atoms with Crippen LogP contribution in [-0.2, 0) is 16.4 Å². The lowest BCUT2D eigenvalue weighted by Gasteiger charge is -2.22. The van der Waals surface area contributed by atoms with Crippen molar-refractivity contribution >= 4 is 26.7 Å². The number of likely N-dealkylation sites (N-methyl/N-ethyl adjacent to an activating group) is 1. The fourth-order valence-electron chi connectivity index (χ4n) is 3.92. The lowest BCUT2D eigenvalue weighted by atomic mass is 10.0. The van der Waals surface area contributed by atoms with E-state index in [0.29, 0.717) is 22.0 Å². The third-order valence-corrected chi connectivity index (χ3v) is 7.28. The fraction of sp³-hybridized carbons (Fsp3) is 0.192. The van der Waals surface area contributed by atoms with Crippen molar-refractivity contribution in [3.63, 3.8) is 0 Å². The Morgan fingerprint density at radius 2 is 1.72 bits per heavy atom. The zero-order chi connectivity index (χ0) is 25.7. The van der Waals surface area contributed by atoms with E-state index in [1.165, 1.54) is 29.2 Å². The zero-order valence-corrected chi connectivity index (χ0v) is 20.4. The summed E-state index contributed by atoms with van der Waals surface area (Å²) in [7, 11) is -3.72. The Labute approximate surface area is 207 Å². The van der Waals surface area contributed by atoms with Gasteiger partial charge in [-0.2, -0.15) is 5.10 Å². The number of hydrogen-bond acceptors (Lipinski definition) is 5. The van der Waals surface area contributed by atoms with Crippen molar-refractivity contribution in [2.75, 3.05) is 19.6 Å². The molecule has 10 heteroatoms. The van der Waals surface area contributed by atoms with E-state index >= 15 is 0 Å². The summed E-state index contributed by atoms with van der Waals surface area (Å²) >= 11 is 0. The van der Waals surface area contributed by atoms with Gasteiger partial charge in [0.2, 0.25) is 10.0 Å². The molecule has 2 N–H and O–H groups in total. The third kappa shape index (κ3) is 5.50. The van der Waals surface area contributed by atoms with Gasteiger partial charge in [-0.05, 0) is 42.8 Å². The average molecular weight is 509 g/mol. The summed E-state index contributed by atoms with van der Waals surface area (Å²) < 4.78 is 42.0. The maximum absolute atomic E-state index is 14.7. The van der Waals surface area contributed by atoms with E-state index in [0.717, 1.165) is 0 Å². The topological polar surface area (TPSA) is 112 Å². The van der Waals surface area contributed by atoms with Crippen molar-refractivity contribution < 1.29 is 17.6 Å². The van der Waals surface area contributed by atoms with Crippen molar-refractivity contribution in [3.05, 3.63) is 106 Å². The van der Waals surface area contributed by atoms with Crippen molar-refractivity contribution in [2.45, 2.75) is 18.2 Å². The molecule has 8 nitrogen and oxygen atoms in total. The van der Waals surface area contributed by atoms with Gasteiger partial charge in [-0.3, -0.25) is 9.59 Å². The monoisotopic (exact) mass is 508 g/mol. The van der Waals surface area contributed by atoms with E-state index in [-0.39, 0.29) is 42.1 Å². The van der Waals surface area contributed by atoms with Crippen LogP contribution in [0.4, 0.5) is 4.39 Å². The van der Waals surface area contributed by atoms with Gasteiger partial charge in [0.1, 0.15) is 5.82 Å². The lowest BCUT2D eigenvalue weighted by molar-refractivity contribution is 0.0762. The number of nitrogens with one attached hydrogen (secondary N) is 2. The van der Waals surface area contributed by atoms with Gasteiger partial charge in [-0.15, -0.1) is 0 Å². The first-order valence-electron chi connectivity index (χ1n) is 11.4. The van der Waals surface area contributed by atoms with E-state index in [4.69, 9.17) is 0 Å². The Morgan fingerprint density at radius 1 is 1.03 bits per heavy atom. The first-order chi connectivity index (χ1) is 17.3. The second-order valence-corrected chi connectivity index (χ2v) is 9.90. The van der Waals surface area contributed by atoms with Crippen LogP contribution in [0.1, 0.15) is 28.5 Å². The van der Waals surface area contributed by atoms with E-state index in [9.17, 15) is 22.4 Å². The fourth-order valence-corrected chi connectivity index (χ4v) is 4.96. The van der Waals surface area contributed by atoms with Crippen molar-refractivity contribution in [2.24, 2.45) is 0 Å². The number of halogens is 1. The van der Waals surface area contributed by atoms with Gasteiger partial charge in [0, 0.05) is 31.4 Å². The van der Waals surface area contributed by atoms with Gasteiger partial charge in [-0.25, -0.2) is 22.6 Å². The third-order valence-electron chi connectivity index (χ3n) is 5.80. The van der Waals surface area contributed by atoms with Crippen LogP contribution in [0.25, 0.3) is 10.8 Å². The summed E-state index contributed by atoms with van der Waals surface area (Å²) in [5.41, 5.74) is 0.822. The van der Waals surface area contributed by atoms with Crippen LogP contribution in [0.5, 0.6) is 0 Å². The Hall–Kier alpha value is -3.89.